The van der Waals surface area contributed by atoms with E-state index in [-0.39, 0.29) is 5.91 Å². The maximum absolute atomic E-state index is 11.9. The zero-order valence-electron chi connectivity index (χ0n) is 12.3. The van der Waals surface area contributed by atoms with Gasteiger partial charge in [0.2, 0.25) is 18.0 Å². The minimum atomic E-state index is -0.508. The van der Waals surface area contributed by atoms with Gasteiger partial charge in [0, 0.05) is 21.6 Å². The standard InChI is InChI=1S/C17H15IN2O2/c1-11-6-3-4-9-15(11)17-20(12(2)21)19-16(22-17)13-7-5-8-14(18)10-13/h3-10,17H,1-2H3/t17-/m1/s1. The van der Waals surface area contributed by atoms with E-state index in [9.17, 15) is 4.79 Å². The lowest BCUT2D eigenvalue weighted by Gasteiger charge is -2.20. The van der Waals surface area contributed by atoms with Crippen molar-refractivity contribution in [2.24, 2.45) is 5.10 Å². The number of nitrogens with zero attached hydrogens (tertiary/aromatic N) is 2. The number of benzene rings is 2. The molecule has 112 valence electrons. The second-order valence-corrected chi connectivity index (χ2v) is 6.35. The Balaban J connectivity index is 1.99. The molecule has 1 heterocycles. The fourth-order valence-electron chi connectivity index (χ4n) is 2.37. The Morgan fingerprint density at radius 2 is 2.00 bits per heavy atom. The van der Waals surface area contributed by atoms with E-state index in [1.165, 1.54) is 11.9 Å². The number of hydrazone groups is 1. The van der Waals surface area contributed by atoms with E-state index in [2.05, 4.69) is 27.7 Å². The van der Waals surface area contributed by atoms with Gasteiger partial charge < -0.3 is 4.74 Å². The molecule has 0 aliphatic carbocycles. The van der Waals surface area contributed by atoms with Crippen LogP contribution in [0.4, 0.5) is 0 Å². The number of amides is 1. The fourth-order valence-corrected chi connectivity index (χ4v) is 2.91. The van der Waals surface area contributed by atoms with Crippen LogP contribution in [0.15, 0.2) is 53.6 Å². The summed E-state index contributed by atoms with van der Waals surface area (Å²) in [6.45, 7) is 3.50. The molecule has 0 saturated heterocycles. The Morgan fingerprint density at radius 3 is 2.68 bits per heavy atom. The Hall–Kier alpha value is -1.89. The van der Waals surface area contributed by atoms with E-state index in [0.717, 1.165) is 20.3 Å². The van der Waals surface area contributed by atoms with Crippen molar-refractivity contribution < 1.29 is 9.53 Å². The Kier molecular flexibility index (Phi) is 4.15. The van der Waals surface area contributed by atoms with Crippen LogP contribution in [0.3, 0.4) is 0 Å². The number of carbonyl (C=O) groups excluding carboxylic acids is 1. The van der Waals surface area contributed by atoms with E-state index in [1.807, 2.05) is 55.5 Å². The number of carbonyl (C=O) groups is 1. The number of halogens is 1. The molecule has 0 aromatic heterocycles. The first-order valence-corrected chi connectivity index (χ1v) is 8.00. The van der Waals surface area contributed by atoms with Gasteiger partial charge >= 0.3 is 0 Å². The van der Waals surface area contributed by atoms with E-state index in [0.29, 0.717) is 5.90 Å². The predicted molar refractivity (Wildman–Crippen MR) is 93.2 cm³/mol. The van der Waals surface area contributed by atoms with Gasteiger partial charge in [0.05, 0.1) is 0 Å². The maximum atomic E-state index is 11.9. The molecule has 0 bridgehead atoms. The highest BCUT2D eigenvalue weighted by molar-refractivity contribution is 14.1. The van der Waals surface area contributed by atoms with Crippen molar-refractivity contribution in [2.45, 2.75) is 20.1 Å². The molecular weight excluding hydrogens is 391 g/mol. The lowest BCUT2D eigenvalue weighted by molar-refractivity contribution is -0.135. The fraction of sp³-hybridized carbons (Fsp3) is 0.176. The average Bonchev–Trinajstić information content (AvgIpc) is 2.93. The molecule has 1 atom stereocenters. The second-order valence-electron chi connectivity index (χ2n) is 5.11. The summed E-state index contributed by atoms with van der Waals surface area (Å²) in [6.07, 6.45) is -0.508. The largest absolute Gasteiger partial charge is 0.446 e. The minimum absolute atomic E-state index is 0.145. The molecule has 0 unspecified atom stereocenters. The molecule has 0 saturated carbocycles. The van der Waals surface area contributed by atoms with E-state index in [4.69, 9.17) is 4.74 Å². The van der Waals surface area contributed by atoms with Crippen molar-refractivity contribution in [3.63, 3.8) is 0 Å². The third kappa shape index (κ3) is 2.85. The van der Waals surface area contributed by atoms with Crippen LogP contribution in [0, 0.1) is 10.5 Å². The Morgan fingerprint density at radius 1 is 1.23 bits per heavy atom. The number of aryl methyl sites for hydroxylation is 1. The average molecular weight is 406 g/mol. The predicted octanol–water partition coefficient (Wildman–Crippen LogP) is 3.84. The van der Waals surface area contributed by atoms with Crippen LogP contribution in [0.1, 0.15) is 29.8 Å². The molecule has 2 aromatic carbocycles. The van der Waals surface area contributed by atoms with Gasteiger partial charge in [0.25, 0.3) is 0 Å². The Bertz CT molecular complexity index is 758. The number of hydrogen-bond acceptors (Lipinski definition) is 3. The third-order valence-electron chi connectivity index (χ3n) is 3.49. The van der Waals surface area contributed by atoms with Gasteiger partial charge in [-0.2, -0.15) is 5.01 Å². The van der Waals surface area contributed by atoms with E-state index >= 15 is 0 Å². The summed E-state index contributed by atoms with van der Waals surface area (Å²) in [5.74, 6) is 0.329. The minimum Gasteiger partial charge on any atom is -0.446 e. The Labute approximate surface area is 142 Å². The summed E-state index contributed by atoms with van der Waals surface area (Å²) >= 11 is 2.24. The van der Waals surface area contributed by atoms with Crippen molar-refractivity contribution in [3.05, 3.63) is 68.8 Å². The van der Waals surface area contributed by atoms with Crippen molar-refractivity contribution in [1.29, 1.82) is 0 Å². The van der Waals surface area contributed by atoms with Crippen molar-refractivity contribution in [1.82, 2.24) is 5.01 Å². The number of rotatable bonds is 2. The molecule has 0 N–H and O–H groups in total. The first-order chi connectivity index (χ1) is 10.6. The van der Waals surface area contributed by atoms with Gasteiger partial charge in [0.1, 0.15) is 0 Å². The van der Waals surface area contributed by atoms with Gasteiger partial charge in [-0.1, -0.05) is 30.3 Å². The van der Waals surface area contributed by atoms with Crippen LogP contribution in [-0.2, 0) is 9.53 Å². The van der Waals surface area contributed by atoms with Gasteiger partial charge in [-0.05, 0) is 53.3 Å². The normalized spacial score (nSPS) is 17.1. The number of ether oxygens (including phenoxy) is 1. The summed E-state index contributed by atoms with van der Waals surface area (Å²) in [7, 11) is 0. The zero-order chi connectivity index (χ0) is 15.7. The van der Waals surface area contributed by atoms with Gasteiger partial charge in [-0.3, -0.25) is 4.79 Å². The topological polar surface area (TPSA) is 41.9 Å². The first-order valence-electron chi connectivity index (χ1n) is 6.93. The van der Waals surface area contributed by atoms with Gasteiger partial charge in [-0.15, -0.1) is 5.10 Å². The molecular formula is C17H15IN2O2. The zero-order valence-corrected chi connectivity index (χ0v) is 14.4. The second kappa shape index (κ2) is 6.08. The molecule has 22 heavy (non-hydrogen) atoms. The highest BCUT2D eigenvalue weighted by Gasteiger charge is 2.33. The van der Waals surface area contributed by atoms with E-state index in [1.54, 1.807) is 0 Å². The highest BCUT2D eigenvalue weighted by atomic mass is 127. The molecule has 5 heteroatoms. The highest BCUT2D eigenvalue weighted by Crippen LogP contribution is 2.32. The van der Waals surface area contributed by atoms with Crippen molar-refractivity contribution in [2.75, 3.05) is 0 Å². The number of hydrogen-bond donors (Lipinski definition) is 0. The lowest BCUT2D eigenvalue weighted by Crippen LogP contribution is -2.25. The molecule has 4 nitrogen and oxygen atoms in total. The summed E-state index contributed by atoms with van der Waals surface area (Å²) in [5.41, 5.74) is 2.88. The SMILES string of the molecule is CC(=O)N1N=C(c2cccc(I)c2)O[C@@H]1c1ccccc1C. The first kappa shape index (κ1) is 15.0. The summed E-state index contributed by atoms with van der Waals surface area (Å²) in [4.78, 5) is 11.9. The summed E-state index contributed by atoms with van der Waals surface area (Å²) < 4.78 is 7.09. The molecule has 1 aliphatic rings. The van der Waals surface area contributed by atoms with E-state index < -0.39 is 6.23 Å². The summed E-state index contributed by atoms with van der Waals surface area (Å²) in [6, 6.07) is 15.7. The molecule has 1 amide bonds. The molecule has 2 aromatic rings. The lowest BCUT2D eigenvalue weighted by atomic mass is 10.1. The third-order valence-corrected chi connectivity index (χ3v) is 4.16. The van der Waals surface area contributed by atoms with Crippen LogP contribution < -0.4 is 0 Å². The molecule has 3 rings (SSSR count). The maximum Gasteiger partial charge on any atom is 0.243 e. The monoisotopic (exact) mass is 406 g/mol. The quantitative estimate of drug-likeness (QED) is 0.712. The van der Waals surface area contributed by atoms with Gasteiger partial charge in [0.15, 0.2) is 0 Å². The van der Waals surface area contributed by atoms with Gasteiger partial charge in [-0.25, -0.2) is 0 Å². The van der Waals surface area contributed by atoms with Crippen LogP contribution in [0.5, 0.6) is 0 Å². The smallest absolute Gasteiger partial charge is 0.243 e. The van der Waals surface area contributed by atoms with Crippen LogP contribution in [0.2, 0.25) is 0 Å². The van der Waals surface area contributed by atoms with Crippen LogP contribution >= 0.6 is 22.6 Å². The molecule has 0 spiro atoms. The van der Waals surface area contributed by atoms with Crippen LogP contribution in [0.25, 0.3) is 0 Å². The molecule has 0 radical (unpaired) electrons. The molecule has 1 aliphatic heterocycles. The van der Waals surface area contributed by atoms with Crippen molar-refractivity contribution >= 4 is 34.4 Å². The molecule has 0 fully saturated rings. The van der Waals surface area contributed by atoms with Crippen LogP contribution in [-0.4, -0.2) is 16.8 Å². The van der Waals surface area contributed by atoms with Crippen molar-refractivity contribution in [3.8, 4) is 0 Å². The summed E-state index contributed by atoms with van der Waals surface area (Å²) in [5, 5.41) is 5.77.